The summed E-state index contributed by atoms with van der Waals surface area (Å²) in [7, 11) is 0. The van der Waals surface area contributed by atoms with E-state index < -0.39 is 16.7 Å². The van der Waals surface area contributed by atoms with Gasteiger partial charge in [0.1, 0.15) is 5.54 Å². The number of fused-ring (bicyclic) bond motifs is 5. The number of nitrogens with zero attached hydrogens (tertiary/aromatic N) is 2. The molecule has 5 unspecified atom stereocenters. The molecular formula is C34H32N2O3. The van der Waals surface area contributed by atoms with Gasteiger partial charge in [-0.05, 0) is 61.6 Å². The van der Waals surface area contributed by atoms with Crippen LogP contribution in [0.4, 0.5) is 0 Å². The lowest BCUT2D eigenvalue weighted by molar-refractivity contribution is -0.149. The fourth-order valence-electron chi connectivity index (χ4n) is 9.34. The van der Waals surface area contributed by atoms with Gasteiger partial charge in [0.2, 0.25) is 0 Å². The summed E-state index contributed by atoms with van der Waals surface area (Å²) in [5, 5.41) is 13.1. The Hall–Kier alpha value is -3.38. The first-order valence-corrected chi connectivity index (χ1v) is 14.1. The Bertz CT molecular complexity index is 1630. The van der Waals surface area contributed by atoms with Crippen molar-refractivity contribution in [1.29, 1.82) is 0 Å². The number of aliphatic hydroxyl groups is 1. The molecule has 39 heavy (non-hydrogen) atoms. The van der Waals surface area contributed by atoms with Gasteiger partial charge in [0.15, 0.2) is 17.3 Å². The second-order valence-corrected chi connectivity index (χ2v) is 12.2. The summed E-state index contributed by atoms with van der Waals surface area (Å²) in [6.07, 6.45) is 3.87. The molecule has 6 atom stereocenters. The van der Waals surface area contributed by atoms with Crippen molar-refractivity contribution < 1.29 is 14.7 Å². The topological polar surface area (TPSA) is 60.9 Å². The minimum Gasteiger partial charge on any atom is -0.369 e. The predicted octanol–water partition coefficient (Wildman–Crippen LogP) is 4.61. The highest BCUT2D eigenvalue weighted by molar-refractivity contribution is 6.19. The normalized spacial score (nSPS) is 37.2. The molecule has 0 saturated carbocycles. The van der Waals surface area contributed by atoms with Crippen LogP contribution < -0.4 is 0 Å². The van der Waals surface area contributed by atoms with Gasteiger partial charge in [0.25, 0.3) is 0 Å². The van der Waals surface area contributed by atoms with E-state index in [0.29, 0.717) is 36.3 Å². The molecule has 4 saturated heterocycles. The van der Waals surface area contributed by atoms with E-state index in [4.69, 9.17) is 0 Å². The van der Waals surface area contributed by atoms with E-state index in [1.165, 1.54) is 0 Å². The number of benzene rings is 3. The van der Waals surface area contributed by atoms with Crippen molar-refractivity contribution in [3.63, 3.8) is 0 Å². The number of hydrogen-bond donors (Lipinski definition) is 1. The zero-order valence-corrected chi connectivity index (χ0v) is 22.4. The third-order valence-corrected chi connectivity index (χ3v) is 10.7. The lowest BCUT2D eigenvalue weighted by atomic mass is 9.57. The summed E-state index contributed by atoms with van der Waals surface area (Å²) >= 11 is 0. The maximum absolute atomic E-state index is 15.2. The van der Waals surface area contributed by atoms with Crippen molar-refractivity contribution in [3.8, 4) is 0 Å². The molecule has 3 aromatic carbocycles. The van der Waals surface area contributed by atoms with Gasteiger partial charge in [0, 0.05) is 41.7 Å². The maximum atomic E-state index is 15.2. The van der Waals surface area contributed by atoms with Gasteiger partial charge in [0.05, 0.1) is 5.41 Å². The Morgan fingerprint density at radius 1 is 0.897 bits per heavy atom. The van der Waals surface area contributed by atoms with Gasteiger partial charge in [-0.15, -0.1) is 0 Å². The van der Waals surface area contributed by atoms with Crippen LogP contribution in [0, 0.1) is 19.3 Å². The second-order valence-electron chi connectivity index (χ2n) is 12.2. The minimum atomic E-state index is -1.57. The Morgan fingerprint density at radius 2 is 1.62 bits per heavy atom. The molecule has 4 heterocycles. The van der Waals surface area contributed by atoms with Crippen molar-refractivity contribution in [2.45, 2.75) is 49.9 Å². The molecule has 5 nitrogen and oxygen atoms in total. The average Bonchev–Trinajstić information content (AvgIpc) is 3.60. The molecule has 0 radical (unpaired) electrons. The van der Waals surface area contributed by atoms with Crippen molar-refractivity contribution >= 4 is 17.6 Å². The van der Waals surface area contributed by atoms with Crippen LogP contribution in [0.5, 0.6) is 0 Å². The minimum absolute atomic E-state index is 0.0137. The SMILES string of the molecule is Cc1ccccc1/C=C1\CN2CC3(C1=O)[C@@H](c1ccccc1C)C1CCCN1C31C(=O)c3ccccc3C21O. The van der Waals surface area contributed by atoms with E-state index in [1.807, 2.05) is 60.7 Å². The van der Waals surface area contributed by atoms with E-state index >= 15 is 4.79 Å². The van der Waals surface area contributed by atoms with Crippen LogP contribution in [0.3, 0.4) is 0 Å². The highest BCUT2D eigenvalue weighted by Gasteiger charge is 2.90. The summed E-state index contributed by atoms with van der Waals surface area (Å²) in [6, 6.07) is 24.0. The molecule has 0 aromatic heterocycles. The van der Waals surface area contributed by atoms with Crippen LogP contribution in [0.25, 0.3) is 6.08 Å². The van der Waals surface area contributed by atoms with Gasteiger partial charge >= 0.3 is 0 Å². The van der Waals surface area contributed by atoms with Gasteiger partial charge < -0.3 is 5.11 Å². The fourth-order valence-corrected chi connectivity index (χ4v) is 9.34. The standard InChI is InChI=1S/C34H32N2O3/c1-21-10-3-5-12-23(21)18-24-19-35-20-32(30(24)37)29(25-13-6-4-11-22(25)2)28-16-9-17-36(28)33(32)31(38)26-14-7-8-15-27(26)34(33,35)39/h3-8,10-15,18,28-29,39H,9,16-17,19-20H2,1-2H3/b24-18+/t28?,29-,32?,33?,34?/m0/s1. The highest BCUT2D eigenvalue weighted by Crippen LogP contribution is 2.75. The quantitative estimate of drug-likeness (QED) is 0.504. The molecule has 1 aliphatic carbocycles. The summed E-state index contributed by atoms with van der Waals surface area (Å²) < 4.78 is 0. The Kier molecular flexibility index (Phi) is 4.60. The van der Waals surface area contributed by atoms with E-state index in [9.17, 15) is 9.90 Å². The van der Waals surface area contributed by atoms with Crippen molar-refractivity contribution in [1.82, 2.24) is 9.80 Å². The summed E-state index contributed by atoms with van der Waals surface area (Å²) in [6.45, 7) is 5.55. The summed E-state index contributed by atoms with van der Waals surface area (Å²) in [5.74, 6) is -0.248. The van der Waals surface area contributed by atoms with Gasteiger partial charge in [-0.2, -0.15) is 0 Å². The highest BCUT2D eigenvalue weighted by atomic mass is 16.3. The molecule has 8 rings (SSSR count). The predicted molar refractivity (Wildman–Crippen MR) is 149 cm³/mol. The third-order valence-electron chi connectivity index (χ3n) is 10.7. The van der Waals surface area contributed by atoms with Crippen LogP contribution in [0.15, 0.2) is 78.4 Å². The van der Waals surface area contributed by atoms with Crippen LogP contribution >= 0.6 is 0 Å². The monoisotopic (exact) mass is 516 g/mol. The second kappa shape index (κ2) is 7.63. The molecule has 4 aliphatic heterocycles. The van der Waals surface area contributed by atoms with Gasteiger partial charge in [-0.1, -0.05) is 72.8 Å². The van der Waals surface area contributed by atoms with Crippen LogP contribution in [0.2, 0.25) is 0 Å². The van der Waals surface area contributed by atoms with Gasteiger partial charge in [-0.3, -0.25) is 19.4 Å². The van der Waals surface area contributed by atoms with Crippen LogP contribution in [-0.2, 0) is 10.5 Å². The number of aryl methyl sites for hydroxylation is 2. The fraction of sp³-hybridized carbons (Fsp3) is 0.353. The lowest BCUT2D eigenvalue weighted by Crippen LogP contribution is -2.67. The number of piperidine rings is 1. The zero-order valence-electron chi connectivity index (χ0n) is 22.4. The lowest BCUT2D eigenvalue weighted by Gasteiger charge is -2.45. The molecular weight excluding hydrogens is 484 g/mol. The molecule has 4 fully saturated rings. The van der Waals surface area contributed by atoms with Crippen molar-refractivity contribution in [2.24, 2.45) is 5.41 Å². The molecule has 3 aromatic rings. The van der Waals surface area contributed by atoms with Crippen molar-refractivity contribution in [3.05, 3.63) is 112 Å². The average molecular weight is 517 g/mol. The van der Waals surface area contributed by atoms with E-state index in [1.54, 1.807) is 0 Å². The smallest absolute Gasteiger partial charge is 0.189 e. The molecule has 5 aliphatic rings. The van der Waals surface area contributed by atoms with E-state index in [0.717, 1.165) is 35.1 Å². The molecule has 2 spiro atoms. The number of carbonyl (C=O) groups is 2. The molecule has 1 N–H and O–H groups in total. The Morgan fingerprint density at radius 3 is 2.41 bits per heavy atom. The van der Waals surface area contributed by atoms with E-state index in [-0.39, 0.29) is 23.5 Å². The van der Waals surface area contributed by atoms with Crippen LogP contribution in [0.1, 0.15) is 56.9 Å². The maximum Gasteiger partial charge on any atom is 0.189 e. The molecule has 2 bridgehead atoms. The number of ketones is 2. The van der Waals surface area contributed by atoms with Crippen molar-refractivity contribution in [2.75, 3.05) is 19.6 Å². The molecule has 5 heteroatoms. The summed E-state index contributed by atoms with van der Waals surface area (Å²) in [5.41, 5.74) is 2.24. The Balaban J connectivity index is 1.47. The number of Topliss-reactive ketones (excluding diaryl/α,β-unsaturated/α-hetero) is 2. The summed E-state index contributed by atoms with van der Waals surface area (Å²) in [4.78, 5) is 34.4. The first-order valence-electron chi connectivity index (χ1n) is 14.1. The van der Waals surface area contributed by atoms with Gasteiger partial charge in [-0.25, -0.2) is 0 Å². The number of carbonyl (C=O) groups excluding carboxylic acids is 2. The largest absolute Gasteiger partial charge is 0.369 e. The zero-order chi connectivity index (χ0) is 26.7. The first kappa shape index (κ1) is 23.5. The molecule has 0 amide bonds. The van der Waals surface area contributed by atoms with Crippen LogP contribution in [-0.4, -0.2) is 57.7 Å². The Labute approximate surface area is 228 Å². The van der Waals surface area contributed by atoms with E-state index in [2.05, 4.69) is 41.8 Å². The number of rotatable bonds is 2. The molecule has 196 valence electrons. The number of hydrogen-bond acceptors (Lipinski definition) is 5. The first-order chi connectivity index (χ1) is 18.9. The third kappa shape index (κ3) is 2.45.